The van der Waals surface area contributed by atoms with Crippen molar-refractivity contribution in [3.05, 3.63) is 85.5 Å². The van der Waals surface area contributed by atoms with E-state index in [0.717, 1.165) is 11.4 Å². The normalized spacial score (nSPS) is 11.2. The van der Waals surface area contributed by atoms with Crippen LogP contribution in [0.4, 0.5) is 22.7 Å². The lowest BCUT2D eigenvalue weighted by molar-refractivity contribution is 1.07. The Bertz CT molecular complexity index is 960. The van der Waals surface area contributed by atoms with Crippen LogP contribution in [0.25, 0.3) is 11.4 Å². The number of azo groups is 1. The number of anilines is 2. The fraction of sp³-hybridized carbons (Fsp3) is 0. The van der Waals surface area contributed by atoms with Gasteiger partial charge in [0.1, 0.15) is 11.4 Å². The smallest absolute Gasteiger partial charge is 0.111 e. The monoisotopic (exact) mass is 342 g/mol. The zero-order chi connectivity index (χ0) is 17.9. The molecule has 2 aromatic carbocycles. The molecule has 2 aromatic heterocycles. The molecule has 0 atom stereocenters. The van der Waals surface area contributed by atoms with Crippen LogP contribution in [0.2, 0.25) is 0 Å². The third-order valence-corrected chi connectivity index (χ3v) is 4.10. The van der Waals surface area contributed by atoms with E-state index in [9.17, 15) is 0 Å². The molecule has 0 amide bonds. The summed E-state index contributed by atoms with van der Waals surface area (Å²) in [7, 11) is 0. The van der Waals surface area contributed by atoms with Crippen molar-refractivity contribution in [3.8, 4) is 11.4 Å². The van der Waals surface area contributed by atoms with Gasteiger partial charge in [-0.15, -0.1) is 10.2 Å². The van der Waals surface area contributed by atoms with Gasteiger partial charge in [-0.3, -0.25) is 0 Å². The highest BCUT2D eigenvalue weighted by Gasteiger charge is 2.04. The van der Waals surface area contributed by atoms with Crippen molar-refractivity contribution in [1.82, 2.24) is 9.13 Å². The zero-order valence-electron chi connectivity index (χ0n) is 14.0. The fourth-order valence-corrected chi connectivity index (χ4v) is 2.68. The minimum Gasteiger partial charge on any atom is -0.397 e. The third-order valence-electron chi connectivity index (χ3n) is 4.10. The van der Waals surface area contributed by atoms with E-state index < -0.39 is 0 Å². The Balaban J connectivity index is 1.68. The molecule has 6 heteroatoms. The summed E-state index contributed by atoms with van der Waals surface area (Å²) in [6.45, 7) is 0. The lowest BCUT2D eigenvalue weighted by Gasteiger charge is -2.07. The van der Waals surface area contributed by atoms with Crippen molar-refractivity contribution in [2.75, 3.05) is 11.5 Å². The van der Waals surface area contributed by atoms with Crippen molar-refractivity contribution in [2.24, 2.45) is 10.2 Å². The van der Waals surface area contributed by atoms with Gasteiger partial charge in [-0.1, -0.05) is 0 Å². The van der Waals surface area contributed by atoms with Crippen LogP contribution in [-0.2, 0) is 0 Å². The molecule has 2 heterocycles. The average Bonchev–Trinajstić information content (AvgIpc) is 3.36. The SMILES string of the molecule is Nc1ccc(-n2cccc2)cc1N=Nc1cc(-n2cccc2)ccc1N. The average molecular weight is 342 g/mol. The van der Waals surface area contributed by atoms with Gasteiger partial charge in [0.25, 0.3) is 0 Å². The van der Waals surface area contributed by atoms with Crippen molar-refractivity contribution in [1.29, 1.82) is 0 Å². The van der Waals surface area contributed by atoms with Gasteiger partial charge in [0.05, 0.1) is 11.4 Å². The number of hydrogen-bond donors (Lipinski definition) is 2. The largest absolute Gasteiger partial charge is 0.397 e. The quantitative estimate of drug-likeness (QED) is 0.410. The molecule has 0 saturated heterocycles. The number of nitrogens with two attached hydrogens (primary N) is 2. The van der Waals surface area contributed by atoms with Crippen molar-refractivity contribution in [2.45, 2.75) is 0 Å². The van der Waals surface area contributed by atoms with Gasteiger partial charge in [0, 0.05) is 36.2 Å². The first-order valence-electron chi connectivity index (χ1n) is 8.18. The van der Waals surface area contributed by atoms with E-state index >= 15 is 0 Å². The van der Waals surface area contributed by atoms with Crippen LogP contribution in [0.15, 0.2) is 95.7 Å². The van der Waals surface area contributed by atoms with Gasteiger partial charge >= 0.3 is 0 Å². The summed E-state index contributed by atoms with van der Waals surface area (Å²) in [5.74, 6) is 0. The minimum absolute atomic E-state index is 0.560. The summed E-state index contributed by atoms with van der Waals surface area (Å²) >= 11 is 0. The topological polar surface area (TPSA) is 86.6 Å². The number of rotatable bonds is 4. The van der Waals surface area contributed by atoms with Crippen LogP contribution in [0, 0.1) is 0 Å². The molecule has 0 unspecified atom stereocenters. The Kier molecular flexibility index (Phi) is 3.99. The molecule has 6 nitrogen and oxygen atoms in total. The molecule has 0 aliphatic carbocycles. The van der Waals surface area contributed by atoms with Crippen molar-refractivity contribution in [3.63, 3.8) is 0 Å². The molecule has 0 spiro atoms. The Morgan fingerprint density at radius 3 is 1.35 bits per heavy atom. The van der Waals surface area contributed by atoms with E-state index in [1.54, 1.807) is 0 Å². The first-order valence-corrected chi connectivity index (χ1v) is 8.18. The van der Waals surface area contributed by atoms with Crippen LogP contribution < -0.4 is 11.5 Å². The first kappa shape index (κ1) is 15.7. The van der Waals surface area contributed by atoms with Gasteiger partial charge in [-0.2, -0.15) is 0 Å². The number of nitrogen functional groups attached to an aromatic ring is 2. The highest BCUT2D eigenvalue weighted by Crippen LogP contribution is 2.30. The fourth-order valence-electron chi connectivity index (χ4n) is 2.68. The number of aromatic nitrogens is 2. The molecule has 0 aliphatic heterocycles. The van der Waals surface area contributed by atoms with Gasteiger partial charge in [-0.05, 0) is 60.7 Å². The number of nitrogens with zero attached hydrogens (tertiary/aromatic N) is 4. The molecule has 0 bridgehead atoms. The highest BCUT2D eigenvalue weighted by atomic mass is 15.1. The molecule has 4 aromatic rings. The molecule has 0 fully saturated rings. The second kappa shape index (κ2) is 6.60. The molecule has 0 saturated carbocycles. The Labute approximate surface area is 151 Å². The van der Waals surface area contributed by atoms with Crippen LogP contribution in [0.5, 0.6) is 0 Å². The lowest BCUT2D eigenvalue weighted by Crippen LogP contribution is -1.92. The maximum Gasteiger partial charge on any atom is 0.111 e. The third kappa shape index (κ3) is 3.08. The molecule has 0 radical (unpaired) electrons. The molecule has 4 N–H and O–H groups in total. The summed E-state index contributed by atoms with van der Waals surface area (Å²) in [6.07, 6.45) is 7.85. The molecular formula is C20H18N6. The summed E-state index contributed by atoms with van der Waals surface area (Å²) in [5.41, 5.74) is 16.4. The van der Waals surface area contributed by atoms with Crippen LogP contribution in [0.3, 0.4) is 0 Å². The highest BCUT2D eigenvalue weighted by molar-refractivity contribution is 5.68. The van der Waals surface area contributed by atoms with Gasteiger partial charge in [-0.25, -0.2) is 0 Å². The van der Waals surface area contributed by atoms with E-state index in [4.69, 9.17) is 11.5 Å². The second-order valence-electron chi connectivity index (χ2n) is 5.87. The predicted molar refractivity (Wildman–Crippen MR) is 105 cm³/mol. The molecule has 26 heavy (non-hydrogen) atoms. The zero-order valence-corrected chi connectivity index (χ0v) is 14.0. The number of benzene rings is 2. The van der Waals surface area contributed by atoms with E-state index in [1.807, 2.05) is 94.6 Å². The Hall–Kier alpha value is -3.80. The summed E-state index contributed by atoms with van der Waals surface area (Å²) in [5, 5.41) is 8.65. The maximum atomic E-state index is 6.05. The van der Waals surface area contributed by atoms with Crippen LogP contribution >= 0.6 is 0 Å². The van der Waals surface area contributed by atoms with Crippen molar-refractivity contribution < 1.29 is 0 Å². The van der Waals surface area contributed by atoms with Gasteiger partial charge in [0.2, 0.25) is 0 Å². The second-order valence-corrected chi connectivity index (χ2v) is 5.87. The molecule has 0 aliphatic rings. The van der Waals surface area contributed by atoms with Crippen LogP contribution in [-0.4, -0.2) is 9.13 Å². The molecule has 4 rings (SSSR count). The summed E-state index contributed by atoms with van der Waals surface area (Å²) < 4.78 is 3.97. The van der Waals surface area contributed by atoms with E-state index in [0.29, 0.717) is 22.7 Å². The Morgan fingerprint density at radius 2 is 0.962 bits per heavy atom. The number of hydrogen-bond acceptors (Lipinski definition) is 4. The molecule has 128 valence electrons. The standard InChI is InChI=1S/C20H18N6/c21-17-7-5-15(25-9-1-2-10-25)13-19(17)23-24-20-14-16(6-8-18(20)22)26-11-3-4-12-26/h1-14H,21-22H2. The van der Waals surface area contributed by atoms with E-state index in [2.05, 4.69) is 10.2 Å². The summed E-state index contributed by atoms with van der Waals surface area (Å²) in [6, 6.07) is 19.2. The van der Waals surface area contributed by atoms with Crippen molar-refractivity contribution >= 4 is 22.7 Å². The van der Waals surface area contributed by atoms with Crippen LogP contribution in [0.1, 0.15) is 0 Å². The molecular weight excluding hydrogens is 324 g/mol. The summed E-state index contributed by atoms with van der Waals surface area (Å²) in [4.78, 5) is 0. The first-order chi connectivity index (χ1) is 12.7. The Morgan fingerprint density at radius 1 is 0.577 bits per heavy atom. The lowest BCUT2D eigenvalue weighted by atomic mass is 10.2. The van der Waals surface area contributed by atoms with Gasteiger partial charge in [0.15, 0.2) is 0 Å². The van der Waals surface area contributed by atoms with E-state index in [-0.39, 0.29) is 0 Å². The predicted octanol–water partition coefficient (Wildman–Crippen LogP) is 4.85. The minimum atomic E-state index is 0.560. The van der Waals surface area contributed by atoms with Gasteiger partial charge < -0.3 is 20.6 Å². The maximum absolute atomic E-state index is 6.05. The van der Waals surface area contributed by atoms with E-state index in [1.165, 1.54) is 0 Å².